The molecule has 56 valence electrons. The summed E-state index contributed by atoms with van der Waals surface area (Å²) in [6.45, 7) is 2.11. The summed E-state index contributed by atoms with van der Waals surface area (Å²) >= 11 is 0. The second-order valence-electron chi connectivity index (χ2n) is 2.37. The van der Waals surface area contributed by atoms with Gasteiger partial charge in [0.05, 0.1) is 13.2 Å². The van der Waals surface area contributed by atoms with Crippen LogP contribution in [0.5, 0.6) is 0 Å². The van der Waals surface area contributed by atoms with Crippen molar-refractivity contribution in [1.82, 2.24) is 0 Å². The van der Waals surface area contributed by atoms with Crippen molar-refractivity contribution in [1.29, 1.82) is 0 Å². The van der Waals surface area contributed by atoms with E-state index < -0.39 is 0 Å². The highest BCUT2D eigenvalue weighted by Crippen LogP contribution is 2.22. The van der Waals surface area contributed by atoms with E-state index in [1.54, 1.807) is 0 Å². The topological polar surface area (TPSA) is 40.5 Å². The third-order valence-electron chi connectivity index (χ3n) is 1.85. The highest BCUT2D eigenvalue weighted by Gasteiger charge is 2.23. The first-order valence-corrected chi connectivity index (χ1v) is 3.98. The Morgan fingerprint density at radius 2 is 1.78 bits per heavy atom. The maximum Gasteiger partial charge on any atom is 0.0512 e. The third kappa shape index (κ3) is 2.21. The van der Waals surface area contributed by atoms with Crippen molar-refractivity contribution in [2.45, 2.75) is 13.3 Å². The summed E-state index contributed by atoms with van der Waals surface area (Å²) in [5, 5.41) is 17.6. The molecule has 0 aromatic carbocycles. The van der Waals surface area contributed by atoms with Gasteiger partial charge >= 0.3 is 0 Å². The first kappa shape index (κ1) is 9.35. The van der Waals surface area contributed by atoms with E-state index in [0.717, 1.165) is 12.6 Å². The lowest BCUT2D eigenvalue weighted by atomic mass is 9.90. The fraction of sp³-hybridized carbons (Fsp3) is 1.00. The van der Waals surface area contributed by atoms with E-state index in [9.17, 15) is 0 Å². The highest BCUT2D eigenvalue weighted by molar-refractivity contribution is 7.16. The van der Waals surface area contributed by atoms with Crippen LogP contribution < -0.4 is 0 Å². The fourth-order valence-electron chi connectivity index (χ4n) is 0.547. The van der Waals surface area contributed by atoms with E-state index in [4.69, 9.17) is 10.2 Å². The van der Waals surface area contributed by atoms with Crippen LogP contribution in [0.25, 0.3) is 0 Å². The summed E-state index contributed by atoms with van der Waals surface area (Å²) in [6, 6.07) is 0. The summed E-state index contributed by atoms with van der Waals surface area (Å²) in [6.07, 6.45) is 1.58. The molecule has 2 N–H and O–H groups in total. The molecule has 3 heteroatoms. The molecule has 0 aliphatic heterocycles. The molecule has 0 aromatic rings. The molecule has 0 aliphatic carbocycles. The lowest BCUT2D eigenvalue weighted by Gasteiger charge is -2.25. The van der Waals surface area contributed by atoms with Crippen molar-refractivity contribution in [3.63, 3.8) is 0 Å². The Hall–Kier alpha value is 0.350. The third-order valence-corrected chi connectivity index (χ3v) is 2.72. The summed E-state index contributed by atoms with van der Waals surface area (Å²) in [4.78, 5) is 0. The minimum Gasteiger partial charge on any atom is -0.396 e. The molecular formula is C6H15O2P. The fourth-order valence-corrected chi connectivity index (χ4v) is 1.09. The Balaban J connectivity index is 3.82. The average Bonchev–Trinajstić information content (AvgIpc) is 1.95. The van der Waals surface area contributed by atoms with Crippen molar-refractivity contribution in [2.75, 3.05) is 19.4 Å². The van der Waals surface area contributed by atoms with Gasteiger partial charge in [0.25, 0.3) is 0 Å². The van der Waals surface area contributed by atoms with E-state index in [2.05, 4.69) is 9.24 Å². The second-order valence-corrected chi connectivity index (χ2v) is 2.78. The van der Waals surface area contributed by atoms with E-state index >= 15 is 0 Å². The number of rotatable bonds is 4. The van der Waals surface area contributed by atoms with Crippen molar-refractivity contribution in [2.24, 2.45) is 5.41 Å². The van der Waals surface area contributed by atoms with Gasteiger partial charge in [-0.3, -0.25) is 0 Å². The van der Waals surface area contributed by atoms with Gasteiger partial charge in [0.15, 0.2) is 0 Å². The van der Waals surface area contributed by atoms with Crippen LogP contribution in [0.4, 0.5) is 0 Å². The molecule has 1 unspecified atom stereocenters. The maximum absolute atomic E-state index is 8.80. The Bertz CT molecular complexity index is 53.9. The zero-order valence-corrected chi connectivity index (χ0v) is 6.95. The Morgan fingerprint density at radius 3 is 1.78 bits per heavy atom. The standard InChI is InChI=1S/C6H15O2P/c1-2-6(3-7,4-8)5-9/h7-8H,2-5,9H2,1H3. The SMILES string of the molecule is CCC(CO)(CO)CP. The van der Waals surface area contributed by atoms with Crippen molar-refractivity contribution < 1.29 is 10.2 Å². The van der Waals surface area contributed by atoms with Gasteiger partial charge in [0, 0.05) is 5.41 Å². The monoisotopic (exact) mass is 150 g/mol. The van der Waals surface area contributed by atoms with Crippen LogP contribution in [0.3, 0.4) is 0 Å². The molecule has 0 fully saturated rings. The normalized spacial score (nSPS) is 12.0. The molecule has 0 amide bonds. The van der Waals surface area contributed by atoms with Crippen LogP contribution in [0.1, 0.15) is 13.3 Å². The number of aliphatic hydroxyl groups excluding tert-OH is 2. The molecule has 0 heterocycles. The van der Waals surface area contributed by atoms with Gasteiger partial charge in [-0.05, 0) is 12.6 Å². The van der Waals surface area contributed by atoms with Crippen LogP contribution in [0, 0.1) is 5.41 Å². The first-order valence-electron chi connectivity index (χ1n) is 3.16. The Labute approximate surface area is 58.5 Å². The van der Waals surface area contributed by atoms with Gasteiger partial charge < -0.3 is 10.2 Å². The van der Waals surface area contributed by atoms with Crippen LogP contribution in [0.2, 0.25) is 0 Å². The van der Waals surface area contributed by atoms with E-state index in [-0.39, 0.29) is 18.6 Å². The minimum absolute atomic E-state index is 0.0729. The smallest absolute Gasteiger partial charge is 0.0512 e. The van der Waals surface area contributed by atoms with Crippen LogP contribution in [-0.4, -0.2) is 29.6 Å². The summed E-state index contributed by atoms with van der Waals surface area (Å²) < 4.78 is 0. The Morgan fingerprint density at radius 1 is 1.33 bits per heavy atom. The molecule has 0 spiro atoms. The average molecular weight is 150 g/mol. The van der Waals surface area contributed by atoms with Crippen LogP contribution in [0.15, 0.2) is 0 Å². The first-order chi connectivity index (χ1) is 4.24. The molecule has 0 bridgehead atoms. The van der Waals surface area contributed by atoms with Crippen molar-refractivity contribution in [3.8, 4) is 0 Å². The summed E-state index contributed by atoms with van der Waals surface area (Å²) in [5.74, 6) is 0. The number of hydrogen-bond donors (Lipinski definition) is 2. The molecule has 1 atom stereocenters. The van der Waals surface area contributed by atoms with Gasteiger partial charge in [-0.25, -0.2) is 0 Å². The van der Waals surface area contributed by atoms with Gasteiger partial charge in [0.1, 0.15) is 0 Å². The van der Waals surface area contributed by atoms with Crippen LogP contribution in [-0.2, 0) is 0 Å². The Kier molecular flexibility index (Phi) is 4.37. The second kappa shape index (κ2) is 4.21. The largest absolute Gasteiger partial charge is 0.396 e. The lowest BCUT2D eigenvalue weighted by molar-refractivity contribution is 0.0709. The predicted molar refractivity (Wildman–Crippen MR) is 41.5 cm³/mol. The molecule has 9 heavy (non-hydrogen) atoms. The highest BCUT2D eigenvalue weighted by atomic mass is 31.0. The predicted octanol–water partition coefficient (Wildman–Crippen LogP) is 0.242. The van der Waals surface area contributed by atoms with Crippen molar-refractivity contribution >= 4 is 9.24 Å². The molecule has 0 radical (unpaired) electrons. The minimum atomic E-state index is -0.259. The van der Waals surface area contributed by atoms with E-state index in [0.29, 0.717) is 0 Å². The van der Waals surface area contributed by atoms with Crippen LogP contribution >= 0.6 is 9.24 Å². The molecule has 0 rings (SSSR count). The van der Waals surface area contributed by atoms with Gasteiger partial charge in [-0.2, -0.15) is 0 Å². The molecule has 0 aromatic heterocycles. The lowest BCUT2D eigenvalue weighted by Crippen LogP contribution is -2.30. The number of aliphatic hydroxyl groups is 2. The molecular weight excluding hydrogens is 135 g/mol. The molecule has 2 nitrogen and oxygen atoms in total. The summed E-state index contributed by atoms with van der Waals surface area (Å²) in [5.41, 5.74) is -0.259. The zero-order chi connectivity index (χ0) is 7.33. The number of hydrogen-bond acceptors (Lipinski definition) is 2. The zero-order valence-electron chi connectivity index (χ0n) is 5.80. The maximum atomic E-state index is 8.80. The molecule has 0 aliphatic rings. The van der Waals surface area contributed by atoms with E-state index in [1.807, 2.05) is 6.92 Å². The van der Waals surface area contributed by atoms with E-state index in [1.165, 1.54) is 0 Å². The van der Waals surface area contributed by atoms with Gasteiger partial charge in [-0.15, -0.1) is 9.24 Å². The van der Waals surface area contributed by atoms with Crippen molar-refractivity contribution in [3.05, 3.63) is 0 Å². The van der Waals surface area contributed by atoms with Gasteiger partial charge in [-0.1, -0.05) is 6.92 Å². The summed E-state index contributed by atoms with van der Waals surface area (Å²) in [7, 11) is 2.54. The molecule has 0 saturated carbocycles. The molecule has 0 saturated heterocycles. The quantitative estimate of drug-likeness (QED) is 0.564. The van der Waals surface area contributed by atoms with Gasteiger partial charge in [0.2, 0.25) is 0 Å².